The highest BCUT2D eigenvalue weighted by molar-refractivity contribution is 5.61. The van der Waals surface area contributed by atoms with Gasteiger partial charge in [0.15, 0.2) is 5.75 Å². The number of hydrogen-bond donors (Lipinski definition) is 2. The molecule has 82 valence electrons. The number of hydrogen-bond acceptors (Lipinski definition) is 5. The molecule has 0 heterocycles. The third-order valence-corrected chi connectivity index (χ3v) is 2.02. The molecular weight excluding hydrogens is 200 g/mol. The minimum Gasteiger partial charge on any atom is -0.490 e. The van der Waals surface area contributed by atoms with E-state index in [4.69, 9.17) is 15.6 Å². The topological polar surface area (TPSA) is 98.6 Å². The maximum Gasteiger partial charge on any atom is 0.311 e. The number of aliphatic hydroxyl groups is 1. The van der Waals surface area contributed by atoms with E-state index in [0.29, 0.717) is 11.3 Å². The lowest BCUT2D eigenvalue weighted by atomic mass is 10.1. The molecule has 0 unspecified atom stereocenters. The number of ether oxygens (including phenoxy) is 1. The lowest BCUT2D eigenvalue weighted by Gasteiger charge is -2.07. The third kappa shape index (κ3) is 2.35. The van der Waals surface area contributed by atoms with Crippen LogP contribution in [0.1, 0.15) is 5.56 Å². The van der Waals surface area contributed by atoms with Crippen LogP contribution in [0, 0.1) is 10.1 Å². The number of nitrogens with zero attached hydrogens (tertiary/aromatic N) is 1. The molecule has 1 rings (SSSR count). The fourth-order valence-electron chi connectivity index (χ4n) is 1.27. The van der Waals surface area contributed by atoms with Crippen LogP contribution in [0.4, 0.5) is 11.4 Å². The van der Waals surface area contributed by atoms with Crippen LogP contribution >= 0.6 is 0 Å². The Morgan fingerprint density at radius 2 is 2.27 bits per heavy atom. The van der Waals surface area contributed by atoms with E-state index in [1.54, 1.807) is 0 Å². The molecule has 6 nitrogen and oxygen atoms in total. The van der Waals surface area contributed by atoms with Gasteiger partial charge in [-0.25, -0.2) is 0 Å². The number of nitrogen functional groups attached to an aromatic ring is 1. The molecule has 1 aromatic carbocycles. The standard InChI is InChI=1S/C9H12N2O4/c1-15-9-5-7(10)6(2-3-12)4-8(9)11(13)14/h4-5,12H,2-3,10H2,1H3. The summed E-state index contributed by atoms with van der Waals surface area (Å²) < 4.78 is 4.84. The summed E-state index contributed by atoms with van der Waals surface area (Å²) in [6.45, 7) is -0.103. The van der Waals surface area contributed by atoms with Gasteiger partial charge >= 0.3 is 5.69 Å². The average Bonchev–Trinajstić information content (AvgIpc) is 2.20. The van der Waals surface area contributed by atoms with E-state index < -0.39 is 4.92 Å². The molecule has 0 amide bonds. The second kappa shape index (κ2) is 4.61. The summed E-state index contributed by atoms with van der Waals surface area (Å²) in [5.74, 6) is 0.124. The molecule has 0 aliphatic rings. The highest BCUT2D eigenvalue weighted by Gasteiger charge is 2.17. The predicted octanol–water partition coefficient (Wildman–Crippen LogP) is 0.720. The van der Waals surface area contributed by atoms with Crippen LogP contribution in [0.2, 0.25) is 0 Å². The number of nitro benzene ring substituents is 1. The minimum atomic E-state index is -0.543. The lowest BCUT2D eigenvalue weighted by molar-refractivity contribution is -0.385. The van der Waals surface area contributed by atoms with Crippen molar-refractivity contribution >= 4 is 11.4 Å². The molecule has 3 N–H and O–H groups in total. The molecule has 0 saturated heterocycles. The molecule has 0 aliphatic heterocycles. The number of rotatable bonds is 4. The Labute approximate surface area is 86.4 Å². The Hall–Kier alpha value is -1.82. The zero-order valence-corrected chi connectivity index (χ0v) is 8.27. The zero-order chi connectivity index (χ0) is 11.4. The van der Waals surface area contributed by atoms with E-state index in [1.807, 2.05) is 0 Å². The van der Waals surface area contributed by atoms with Gasteiger partial charge in [0, 0.05) is 24.4 Å². The van der Waals surface area contributed by atoms with Crippen molar-refractivity contribution in [2.24, 2.45) is 0 Å². The maximum atomic E-state index is 10.7. The Kier molecular flexibility index (Phi) is 3.46. The second-order valence-electron chi connectivity index (χ2n) is 2.95. The molecule has 0 fully saturated rings. The first-order valence-electron chi connectivity index (χ1n) is 4.31. The first kappa shape index (κ1) is 11.3. The van der Waals surface area contributed by atoms with Gasteiger partial charge < -0.3 is 15.6 Å². The van der Waals surface area contributed by atoms with E-state index in [0.717, 1.165) is 0 Å². The molecule has 0 radical (unpaired) electrons. The first-order chi connectivity index (χ1) is 7.10. The molecule has 0 saturated carbocycles. The van der Waals surface area contributed by atoms with Crippen molar-refractivity contribution < 1.29 is 14.8 Å². The highest BCUT2D eigenvalue weighted by atomic mass is 16.6. The van der Waals surface area contributed by atoms with Crippen LogP contribution in [-0.4, -0.2) is 23.7 Å². The van der Waals surface area contributed by atoms with Crippen molar-refractivity contribution in [1.82, 2.24) is 0 Å². The van der Waals surface area contributed by atoms with Crippen LogP contribution < -0.4 is 10.5 Å². The average molecular weight is 212 g/mol. The van der Waals surface area contributed by atoms with Gasteiger partial charge in [-0.2, -0.15) is 0 Å². The van der Waals surface area contributed by atoms with Crippen molar-refractivity contribution in [2.75, 3.05) is 19.5 Å². The molecule has 0 aliphatic carbocycles. The summed E-state index contributed by atoms with van der Waals surface area (Å²) in [6, 6.07) is 2.72. The summed E-state index contributed by atoms with van der Waals surface area (Å²) >= 11 is 0. The number of benzene rings is 1. The smallest absolute Gasteiger partial charge is 0.311 e. The summed E-state index contributed by atoms with van der Waals surface area (Å²) in [5, 5.41) is 19.4. The monoisotopic (exact) mass is 212 g/mol. The van der Waals surface area contributed by atoms with E-state index in [-0.39, 0.29) is 24.5 Å². The maximum absolute atomic E-state index is 10.7. The quantitative estimate of drug-likeness (QED) is 0.435. The Balaban J connectivity index is 3.23. The minimum absolute atomic E-state index is 0.103. The van der Waals surface area contributed by atoms with Crippen molar-refractivity contribution in [3.05, 3.63) is 27.8 Å². The van der Waals surface area contributed by atoms with Gasteiger partial charge in [0.25, 0.3) is 0 Å². The summed E-state index contributed by atoms with van der Waals surface area (Å²) in [6.07, 6.45) is 0.288. The van der Waals surface area contributed by atoms with E-state index >= 15 is 0 Å². The van der Waals surface area contributed by atoms with Crippen molar-refractivity contribution in [3.8, 4) is 5.75 Å². The largest absolute Gasteiger partial charge is 0.490 e. The van der Waals surface area contributed by atoms with Crippen LogP contribution in [-0.2, 0) is 6.42 Å². The Bertz CT molecular complexity index is 379. The molecule has 6 heteroatoms. The first-order valence-corrected chi connectivity index (χ1v) is 4.31. The van der Waals surface area contributed by atoms with Gasteiger partial charge in [-0.3, -0.25) is 10.1 Å². The lowest BCUT2D eigenvalue weighted by Crippen LogP contribution is -2.01. The zero-order valence-electron chi connectivity index (χ0n) is 8.27. The van der Waals surface area contributed by atoms with Gasteiger partial charge in [-0.1, -0.05) is 0 Å². The Morgan fingerprint density at radius 3 is 2.73 bits per heavy atom. The third-order valence-electron chi connectivity index (χ3n) is 2.02. The van der Waals surface area contributed by atoms with E-state index in [1.165, 1.54) is 19.2 Å². The molecule has 0 spiro atoms. The van der Waals surface area contributed by atoms with Crippen molar-refractivity contribution in [2.45, 2.75) is 6.42 Å². The van der Waals surface area contributed by atoms with Gasteiger partial charge in [-0.05, 0) is 12.0 Å². The van der Waals surface area contributed by atoms with Crippen molar-refractivity contribution in [3.63, 3.8) is 0 Å². The van der Waals surface area contributed by atoms with Crippen molar-refractivity contribution in [1.29, 1.82) is 0 Å². The van der Waals surface area contributed by atoms with Gasteiger partial charge in [0.1, 0.15) is 0 Å². The number of nitrogens with two attached hydrogens (primary N) is 1. The number of anilines is 1. The molecule has 0 aromatic heterocycles. The fraction of sp³-hybridized carbons (Fsp3) is 0.333. The molecule has 0 bridgehead atoms. The normalized spacial score (nSPS) is 10.0. The molecule has 15 heavy (non-hydrogen) atoms. The van der Waals surface area contributed by atoms with Crippen LogP contribution in [0.3, 0.4) is 0 Å². The summed E-state index contributed by atoms with van der Waals surface area (Å²) in [5.41, 5.74) is 6.42. The molecule has 0 atom stereocenters. The van der Waals surface area contributed by atoms with Crippen LogP contribution in [0.15, 0.2) is 12.1 Å². The van der Waals surface area contributed by atoms with Crippen LogP contribution in [0.25, 0.3) is 0 Å². The number of nitro groups is 1. The molecular formula is C9H12N2O4. The van der Waals surface area contributed by atoms with Gasteiger partial charge in [0.2, 0.25) is 0 Å². The van der Waals surface area contributed by atoms with E-state index in [9.17, 15) is 10.1 Å². The SMILES string of the molecule is COc1cc(N)c(CCO)cc1[N+](=O)[O-]. The number of methoxy groups -OCH3 is 1. The number of aliphatic hydroxyl groups excluding tert-OH is 1. The predicted molar refractivity (Wildman–Crippen MR) is 54.9 cm³/mol. The molecule has 1 aromatic rings. The second-order valence-corrected chi connectivity index (χ2v) is 2.95. The summed E-state index contributed by atoms with van der Waals surface area (Å²) in [7, 11) is 1.34. The summed E-state index contributed by atoms with van der Waals surface area (Å²) in [4.78, 5) is 10.1. The van der Waals surface area contributed by atoms with Gasteiger partial charge in [0.05, 0.1) is 12.0 Å². The highest BCUT2D eigenvalue weighted by Crippen LogP contribution is 2.31. The Morgan fingerprint density at radius 1 is 1.60 bits per heavy atom. The van der Waals surface area contributed by atoms with E-state index in [2.05, 4.69) is 0 Å². The fourth-order valence-corrected chi connectivity index (χ4v) is 1.27. The van der Waals surface area contributed by atoms with Gasteiger partial charge in [-0.15, -0.1) is 0 Å². The van der Waals surface area contributed by atoms with Crippen LogP contribution in [0.5, 0.6) is 5.75 Å².